The van der Waals surface area contributed by atoms with Crippen molar-refractivity contribution in [1.29, 1.82) is 0 Å². The van der Waals surface area contributed by atoms with E-state index in [4.69, 9.17) is 11.6 Å². The third-order valence-electron chi connectivity index (χ3n) is 2.64. The van der Waals surface area contributed by atoms with Gasteiger partial charge >= 0.3 is 0 Å². The maximum Gasteiger partial charge on any atom is 0.279 e. The molecule has 3 rings (SSSR count). The van der Waals surface area contributed by atoms with E-state index in [9.17, 15) is 9.90 Å². The normalized spacial score (nSPS) is 10.9. The number of aromatic hydroxyl groups is 1. The molecule has 1 heterocycles. The standard InChI is InChI=1S/C13H7ClN2O2/c14-7-4-5-8-10(6-7)15-12-9(16-13(8)18)2-1-3-11(12)17/h1-6,17H. The second kappa shape index (κ2) is 3.92. The van der Waals surface area contributed by atoms with Crippen LogP contribution in [0, 0.1) is 0 Å². The Morgan fingerprint density at radius 2 is 1.89 bits per heavy atom. The Morgan fingerprint density at radius 1 is 1.06 bits per heavy atom. The third kappa shape index (κ3) is 1.67. The summed E-state index contributed by atoms with van der Waals surface area (Å²) in [5.74, 6) is -0.0168. The van der Waals surface area contributed by atoms with Crippen LogP contribution in [0.2, 0.25) is 5.02 Å². The minimum Gasteiger partial charge on any atom is -0.506 e. The lowest BCUT2D eigenvalue weighted by Gasteiger charge is -1.94. The summed E-state index contributed by atoms with van der Waals surface area (Å²) in [6.07, 6.45) is 0. The smallest absolute Gasteiger partial charge is 0.279 e. The van der Waals surface area contributed by atoms with Gasteiger partial charge in [-0.25, -0.2) is 9.97 Å². The van der Waals surface area contributed by atoms with Gasteiger partial charge in [-0.2, -0.15) is 0 Å². The highest BCUT2D eigenvalue weighted by atomic mass is 35.5. The van der Waals surface area contributed by atoms with Crippen molar-refractivity contribution in [3.05, 3.63) is 51.8 Å². The quantitative estimate of drug-likeness (QED) is 0.673. The number of para-hydroxylation sites is 1. The van der Waals surface area contributed by atoms with Crippen molar-refractivity contribution in [3.8, 4) is 5.75 Å². The van der Waals surface area contributed by atoms with Gasteiger partial charge in [0.15, 0.2) is 0 Å². The van der Waals surface area contributed by atoms with Crippen molar-refractivity contribution in [2.45, 2.75) is 0 Å². The Kier molecular flexibility index (Phi) is 2.38. The molecule has 0 aliphatic rings. The minimum absolute atomic E-state index is 0.0168. The van der Waals surface area contributed by atoms with E-state index in [2.05, 4.69) is 9.97 Å². The van der Waals surface area contributed by atoms with Crippen LogP contribution in [0.15, 0.2) is 41.2 Å². The number of halogens is 1. The predicted molar refractivity (Wildman–Crippen MR) is 70.0 cm³/mol. The summed E-state index contributed by atoms with van der Waals surface area (Å²) >= 11 is 5.88. The molecule has 1 aromatic heterocycles. The topological polar surface area (TPSA) is 63.1 Å². The summed E-state index contributed by atoms with van der Waals surface area (Å²) < 4.78 is 0. The lowest BCUT2D eigenvalue weighted by atomic mass is 10.2. The average Bonchev–Trinajstić information content (AvgIpc) is 2.46. The molecule has 1 N–H and O–H groups in total. The van der Waals surface area contributed by atoms with E-state index in [1.807, 2.05) is 0 Å². The maximum absolute atomic E-state index is 11.9. The van der Waals surface area contributed by atoms with Gasteiger partial charge < -0.3 is 5.11 Å². The fourth-order valence-electron chi connectivity index (χ4n) is 1.79. The predicted octanol–water partition coefficient (Wildman–Crippen LogP) is 2.50. The first kappa shape index (κ1) is 10.9. The van der Waals surface area contributed by atoms with E-state index in [1.54, 1.807) is 30.3 Å². The number of benzene rings is 2. The maximum atomic E-state index is 11.9. The fourth-order valence-corrected chi connectivity index (χ4v) is 1.96. The number of hydrogen-bond donors (Lipinski definition) is 1. The molecule has 0 radical (unpaired) electrons. The molecule has 0 atom stereocenters. The molecule has 0 spiro atoms. The molecule has 18 heavy (non-hydrogen) atoms. The molecule has 0 fully saturated rings. The Labute approximate surface area is 107 Å². The van der Waals surface area contributed by atoms with Crippen molar-refractivity contribution in [2.75, 3.05) is 0 Å². The van der Waals surface area contributed by atoms with Crippen LogP contribution in [0.5, 0.6) is 5.75 Å². The van der Waals surface area contributed by atoms with Gasteiger partial charge in [0.05, 0.1) is 16.4 Å². The fraction of sp³-hybridized carbons (Fsp3) is 0. The van der Waals surface area contributed by atoms with Crippen molar-refractivity contribution < 1.29 is 5.11 Å². The average molecular weight is 259 g/mol. The van der Waals surface area contributed by atoms with E-state index in [0.29, 0.717) is 21.4 Å². The highest BCUT2D eigenvalue weighted by molar-refractivity contribution is 6.31. The first-order valence-electron chi connectivity index (χ1n) is 5.24. The second-order valence-electron chi connectivity index (χ2n) is 3.84. The number of hydrogen-bond acceptors (Lipinski definition) is 4. The first-order chi connectivity index (χ1) is 8.65. The van der Waals surface area contributed by atoms with Crippen molar-refractivity contribution in [2.24, 2.45) is 0 Å². The van der Waals surface area contributed by atoms with Crippen molar-refractivity contribution >= 4 is 33.5 Å². The van der Waals surface area contributed by atoms with Crippen LogP contribution in [0.3, 0.4) is 0 Å². The van der Waals surface area contributed by atoms with Gasteiger partial charge in [-0.1, -0.05) is 17.7 Å². The van der Waals surface area contributed by atoms with Gasteiger partial charge in [-0.3, -0.25) is 4.79 Å². The SMILES string of the molecule is O=c1nc2cccc(O)c2nc2cc(Cl)ccc12. The van der Waals surface area contributed by atoms with Crippen LogP contribution in [-0.2, 0) is 0 Å². The minimum atomic E-state index is -0.394. The van der Waals surface area contributed by atoms with Gasteiger partial charge in [0.1, 0.15) is 11.3 Å². The zero-order chi connectivity index (χ0) is 12.7. The molecular weight excluding hydrogens is 252 g/mol. The van der Waals surface area contributed by atoms with Gasteiger partial charge in [0.25, 0.3) is 5.56 Å². The summed E-state index contributed by atoms with van der Waals surface area (Å²) in [6, 6.07) is 9.51. The molecule has 0 saturated carbocycles. The molecule has 0 unspecified atom stereocenters. The number of aromatic nitrogens is 2. The Balaban J connectivity index is 2.64. The molecule has 0 aliphatic heterocycles. The number of phenols is 1. The number of rotatable bonds is 0. The Morgan fingerprint density at radius 3 is 2.72 bits per heavy atom. The summed E-state index contributed by atoms with van der Waals surface area (Å²) in [5, 5.41) is 10.6. The highest BCUT2D eigenvalue weighted by Gasteiger charge is 2.06. The molecule has 0 bridgehead atoms. The summed E-state index contributed by atoms with van der Waals surface area (Å²) in [5.41, 5.74) is 0.658. The molecular formula is C13H7ClN2O2. The summed E-state index contributed by atoms with van der Waals surface area (Å²) in [4.78, 5) is 20.1. The number of fused-ring (bicyclic) bond motifs is 2. The van der Waals surface area contributed by atoms with Crippen LogP contribution in [0.25, 0.3) is 21.9 Å². The van der Waals surface area contributed by atoms with E-state index in [-0.39, 0.29) is 11.3 Å². The number of phenolic OH excluding ortho intramolecular Hbond substituents is 1. The number of nitrogens with zero attached hydrogens (tertiary/aromatic N) is 2. The van der Waals surface area contributed by atoms with E-state index >= 15 is 0 Å². The van der Waals surface area contributed by atoms with Crippen LogP contribution in [0.4, 0.5) is 0 Å². The summed E-state index contributed by atoms with van der Waals surface area (Å²) in [7, 11) is 0. The molecule has 2 aromatic carbocycles. The van der Waals surface area contributed by atoms with Crippen LogP contribution in [0.1, 0.15) is 0 Å². The molecule has 0 amide bonds. The molecule has 88 valence electrons. The van der Waals surface area contributed by atoms with Crippen LogP contribution in [-0.4, -0.2) is 15.1 Å². The summed E-state index contributed by atoms with van der Waals surface area (Å²) in [6.45, 7) is 0. The zero-order valence-corrected chi connectivity index (χ0v) is 9.85. The van der Waals surface area contributed by atoms with Gasteiger partial charge in [-0.05, 0) is 30.3 Å². The monoisotopic (exact) mass is 258 g/mol. The molecule has 0 aliphatic carbocycles. The van der Waals surface area contributed by atoms with Gasteiger partial charge in [0, 0.05) is 5.02 Å². The zero-order valence-electron chi connectivity index (χ0n) is 9.09. The largest absolute Gasteiger partial charge is 0.506 e. The van der Waals surface area contributed by atoms with Crippen molar-refractivity contribution in [3.63, 3.8) is 0 Å². The molecule has 4 nitrogen and oxygen atoms in total. The third-order valence-corrected chi connectivity index (χ3v) is 2.87. The lowest BCUT2D eigenvalue weighted by molar-refractivity contribution is 0.480. The molecule has 0 saturated heterocycles. The van der Waals surface area contributed by atoms with Crippen LogP contribution < -0.4 is 5.56 Å². The van der Waals surface area contributed by atoms with E-state index < -0.39 is 5.56 Å². The van der Waals surface area contributed by atoms with E-state index in [0.717, 1.165) is 0 Å². The van der Waals surface area contributed by atoms with Crippen LogP contribution >= 0.6 is 11.6 Å². The first-order valence-corrected chi connectivity index (χ1v) is 5.62. The van der Waals surface area contributed by atoms with Crippen molar-refractivity contribution in [1.82, 2.24) is 9.97 Å². The second-order valence-corrected chi connectivity index (χ2v) is 4.27. The Bertz CT molecular complexity index is 834. The van der Waals surface area contributed by atoms with Gasteiger partial charge in [-0.15, -0.1) is 0 Å². The highest BCUT2D eigenvalue weighted by Crippen LogP contribution is 2.22. The van der Waals surface area contributed by atoms with E-state index in [1.165, 1.54) is 6.07 Å². The molecule has 5 heteroatoms. The lowest BCUT2D eigenvalue weighted by Crippen LogP contribution is -2.01. The molecule has 3 aromatic rings. The Hall–Kier alpha value is -2.20. The van der Waals surface area contributed by atoms with Gasteiger partial charge in [0.2, 0.25) is 0 Å².